The highest BCUT2D eigenvalue weighted by Crippen LogP contribution is 2.23. The van der Waals surface area contributed by atoms with Crippen molar-refractivity contribution in [1.29, 1.82) is 0 Å². The smallest absolute Gasteiger partial charge is 0.255 e. The van der Waals surface area contributed by atoms with Gasteiger partial charge >= 0.3 is 0 Å². The molecule has 0 spiro atoms. The van der Waals surface area contributed by atoms with Gasteiger partial charge in [-0.15, -0.1) is 0 Å². The minimum Gasteiger partial charge on any atom is -0.497 e. The van der Waals surface area contributed by atoms with Crippen LogP contribution in [0.3, 0.4) is 0 Å². The van der Waals surface area contributed by atoms with Gasteiger partial charge in [-0.2, -0.15) is 0 Å². The highest BCUT2D eigenvalue weighted by molar-refractivity contribution is 9.10. The molecule has 1 aliphatic rings. The van der Waals surface area contributed by atoms with Crippen LogP contribution in [0.4, 0.5) is 0 Å². The molecule has 0 bridgehead atoms. The van der Waals surface area contributed by atoms with Gasteiger partial charge in [-0.25, -0.2) is 0 Å². The number of piperazine rings is 1. The van der Waals surface area contributed by atoms with Crippen LogP contribution in [0.15, 0.2) is 65.1 Å². The first-order valence-electron chi connectivity index (χ1n) is 10.4. The molecule has 1 fully saturated rings. The number of aromatic nitrogens is 1. The summed E-state index contributed by atoms with van der Waals surface area (Å²) in [5.41, 5.74) is 3.70. The van der Waals surface area contributed by atoms with Crippen LogP contribution in [0.25, 0.3) is 11.3 Å². The molecule has 2 heterocycles. The van der Waals surface area contributed by atoms with Crippen LogP contribution in [0.5, 0.6) is 5.75 Å². The third-order valence-corrected chi connectivity index (χ3v) is 6.10. The van der Waals surface area contributed by atoms with Gasteiger partial charge in [0.1, 0.15) is 5.75 Å². The first kappa shape index (κ1) is 22.0. The van der Waals surface area contributed by atoms with Crippen molar-refractivity contribution in [1.82, 2.24) is 14.8 Å². The lowest BCUT2D eigenvalue weighted by Crippen LogP contribution is -2.50. The van der Waals surface area contributed by atoms with Crippen LogP contribution in [0, 0.1) is 6.92 Å². The average molecular weight is 494 g/mol. The van der Waals surface area contributed by atoms with E-state index in [1.165, 1.54) is 0 Å². The third kappa shape index (κ3) is 4.67. The predicted octanol–water partition coefficient (Wildman–Crippen LogP) is 4.43. The second-order valence-electron chi connectivity index (χ2n) is 7.66. The third-order valence-electron chi connectivity index (χ3n) is 5.61. The molecule has 1 aliphatic heterocycles. The van der Waals surface area contributed by atoms with E-state index in [-0.39, 0.29) is 11.8 Å². The molecule has 4 rings (SSSR count). The van der Waals surface area contributed by atoms with Crippen LogP contribution in [-0.4, -0.2) is 59.9 Å². The number of carbonyl (C=O) groups excluding carboxylic acids is 2. The summed E-state index contributed by atoms with van der Waals surface area (Å²) in [6.07, 6.45) is 0. The summed E-state index contributed by atoms with van der Waals surface area (Å²) in [6, 6.07) is 18.8. The molecule has 32 heavy (non-hydrogen) atoms. The van der Waals surface area contributed by atoms with Crippen molar-refractivity contribution in [2.24, 2.45) is 0 Å². The molecule has 0 aliphatic carbocycles. The number of halogens is 1. The zero-order valence-corrected chi connectivity index (χ0v) is 19.6. The fraction of sp³-hybridized carbons (Fsp3) is 0.240. The fourth-order valence-corrected chi connectivity index (χ4v) is 4.22. The number of hydrogen-bond acceptors (Lipinski definition) is 4. The molecule has 1 aromatic heterocycles. The summed E-state index contributed by atoms with van der Waals surface area (Å²) in [5.74, 6) is 0.551. The van der Waals surface area contributed by atoms with Gasteiger partial charge in [0.15, 0.2) is 0 Å². The van der Waals surface area contributed by atoms with Crippen LogP contribution >= 0.6 is 15.9 Å². The number of amides is 2. The Hall–Kier alpha value is -3.19. The number of hydrogen-bond donors (Lipinski definition) is 0. The first-order valence-corrected chi connectivity index (χ1v) is 11.2. The number of nitrogens with zero attached hydrogens (tertiary/aromatic N) is 3. The first-order chi connectivity index (χ1) is 15.5. The Morgan fingerprint density at radius 1 is 0.906 bits per heavy atom. The summed E-state index contributed by atoms with van der Waals surface area (Å²) in [7, 11) is 1.58. The van der Waals surface area contributed by atoms with Gasteiger partial charge in [-0.05, 0) is 49.4 Å². The highest BCUT2D eigenvalue weighted by atomic mass is 79.9. The van der Waals surface area contributed by atoms with E-state index in [9.17, 15) is 9.59 Å². The molecule has 2 aromatic carbocycles. The summed E-state index contributed by atoms with van der Waals surface area (Å²) in [4.78, 5) is 34.2. The van der Waals surface area contributed by atoms with Crippen molar-refractivity contribution in [2.45, 2.75) is 6.92 Å². The number of rotatable bonds is 4. The molecule has 0 saturated carbocycles. The van der Waals surface area contributed by atoms with E-state index >= 15 is 0 Å². The Balaban J connectivity index is 1.42. The maximum absolute atomic E-state index is 13.1. The maximum Gasteiger partial charge on any atom is 0.255 e. The predicted molar refractivity (Wildman–Crippen MR) is 127 cm³/mol. The van der Waals surface area contributed by atoms with E-state index in [1.807, 2.05) is 49.4 Å². The normalized spacial score (nSPS) is 13.7. The minimum atomic E-state index is -0.0516. The largest absolute Gasteiger partial charge is 0.497 e. The van der Waals surface area contributed by atoms with Gasteiger partial charge in [0.05, 0.1) is 24.1 Å². The molecular weight excluding hydrogens is 470 g/mol. The van der Waals surface area contributed by atoms with Crippen LogP contribution < -0.4 is 4.74 Å². The topological polar surface area (TPSA) is 62.7 Å². The Morgan fingerprint density at radius 2 is 1.59 bits per heavy atom. The van der Waals surface area contributed by atoms with Crippen molar-refractivity contribution < 1.29 is 14.3 Å². The SMILES string of the molecule is COc1cccc(C(=O)N2CCN(C(=O)c3ccc(-c4cccc(Br)c4)nc3C)CC2)c1. The van der Waals surface area contributed by atoms with Gasteiger partial charge in [0.2, 0.25) is 0 Å². The highest BCUT2D eigenvalue weighted by Gasteiger charge is 2.26. The zero-order valence-electron chi connectivity index (χ0n) is 18.0. The van der Waals surface area contributed by atoms with E-state index in [2.05, 4.69) is 20.9 Å². The van der Waals surface area contributed by atoms with Gasteiger partial charge in [-0.3, -0.25) is 14.6 Å². The summed E-state index contributed by atoms with van der Waals surface area (Å²) < 4.78 is 6.19. The monoisotopic (exact) mass is 493 g/mol. The van der Waals surface area contributed by atoms with Crippen molar-refractivity contribution in [2.75, 3.05) is 33.3 Å². The number of aryl methyl sites for hydroxylation is 1. The van der Waals surface area contributed by atoms with E-state index in [4.69, 9.17) is 4.74 Å². The summed E-state index contributed by atoms with van der Waals surface area (Å²) >= 11 is 3.48. The van der Waals surface area contributed by atoms with Crippen molar-refractivity contribution >= 4 is 27.7 Å². The molecule has 0 atom stereocenters. The maximum atomic E-state index is 13.1. The zero-order chi connectivity index (χ0) is 22.7. The number of pyridine rings is 1. The van der Waals surface area contributed by atoms with E-state index in [0.717, 1.165) is 15.7 Å². The van der Waals surface area contributed by atoms with Crippen LogP contribution in [-0.2, 0) is 0 Å². The Kier molecular flexibility index (Phi) is 6.55. The lowest BCUT2D eigenvalue weighted by molar-refractivity contribution is 0.0534. The van der Waals surface area contributed by atoms with Gasteiger partial charge < -0.3 is 14.5 Å². The minimum absolute atomic E-state index is 0.0489. The number of ether oxygens (including phenoxy) is 1. The number of carbonyl (C=O) groups is 2. The standard InChI is InChI=1S/C25H24BrN3O3/c1-17-22(9-10-23(27-17)18-5-3-7-20(26)15-18)25(31)29-13-11-28(12-14-29)24(30)19-6-4-8-21(16-19)32-2/h3-10,15-16H,11-14H2,1-2H3. The van der Waals surface area contributed by atoms with Crippen molar-refractivity contribution in [3.8, 4) is 17.0 Å². The number of methoxy groups -OCH3 is 1. The molecule has 3 aromatic rings. The molecule has 0 N–H and O–H groups in total. The number of benzene rings is 2. The Labute approximate surface area is 196 Å². The Bertz CT molecular complexity index is 1160. The van der Waals surface area contributed by atoms with E-state index in [0.29, 0.717) is 48.7 Å². The molecular formula is C25H24BrN3O3. The van der Waals surface area contributed by atoms with E-state index in [1.54, 1.807) is 35.1 Å². The van der Waals surface area contributed by atoms with E-state index < -0.39 is 0 Å². The average Bonchev–Trinajstić information content (AvgIpc) is 2.83. The molecule has 2 amide bonds. The lowest BCUT2D eigenvalue weighted by Gasteiger charge is -2.35. The second-order valence-corrected chi connectivity index (χ2v) is 8.57. The van der Waals surface area contributed by atoms with Crippen molar-refractivity contribution in [3.63, 3.8) is 0 Å². The van der Waals surface area contributed by atoms with Gasteiger partial charge in [-0.1, -0.05) is 34.1 Å². The lowest BCUT2D eigenvalue weighted by atomic mass is 10.1. The van der Waals surface area contributed by atoms with Gasteiger partial charge in [0, 0.05) is 41.8 Å². The molecule has 6 nitrogen and oxygen atoms in total. The Morgan fingerprint density at radius 3 is 2.25 bits per heavy atom. The molecule has 0 radical (unpaired) electrons. The van der Waals surface area contributed by atoms with Crippen LogP contribution in [0.2, 0.25) is 0 Å². The van der Waals surface area contributed by atoms with Crippen molar-refractivity contribution in [3.05, 3.63) is 82.0 Å². The fourth-order valence-electron chi connectivity index (χ4n) is 3.82. The van der Waals surface area contributed by atoms with Gasteiger partial charge in [0.25, 0.3) is 11.8 Å². The quantitative estimate of drug-likeness (QED) is 0.539. The molecule has 164 valence electrons. The molecule has 7 heteroatoms. The van der Waals surface area contributed by atoms with Crippen LogP contribution in [0.1, 0.15) is 26.4 Å². The molecule has 1 saturated heterocycles. The summed E-state index contributed by atoms with van der Waals surface area (Å²) in [5, 5.41) is 0. The molecule has 0 unspecified atom stereocenters. The summed E-state index contributed by atoms with van der Waals surface area (Å²) in [6.45, 7) is 3.81. The second kappa shape index (κ2) is 9.53.